The number of thiophene rings is 1. The zero-order valence-electron chi connectivity index (χ0n) is 17.6. The highest BCUT2D eigenvalue weighted by molar-refractivity contribution is 7.18. The maximum Gasteiger partial charge on any atom is 0.310 e. The number of hydrazone groups is 1. The van der Waals surface area contributed by atoms with Crippen molar-refractivity contribution in [2.75, 3.05) is 5.32 Å². The molecule has 0 aliphatic carbocycles. The van der Waals surface area contributed by atoms with Crippen molar-refractivity contribution in [2.45, 2.75) is 20.0 Å². The van der Waals surface area contributed by atoms with E-state index in [0.29, 0.717) is 26.2 Å². The van der Waals surface area contributed by atoms with E-state index in [-0.39, 0.29) is 17.3 Å². The lowest BCUT2D eigenvalue weighted by Gasteiger charge is -2.13. The highest BCUT2D eigenvalue weighted by Crippen LogP contribution is 2.27. The third-order valence-electron chi connectivity index (χ3n) is 4.40. The van der Waals surface area contributed by atoms with Crippen molar-refractivity contribution < 1.29 is 19.2 Å². The van der Waals surface area contributed by atoms with Crippen LogP contribution in [0.15, 0.2) is 65.8 Å². The molecule has 0 radical (unpaired) electrons. The maximum absolute atomic E-state index is 12.4. The second-order valence-corrected chi connectivity index (χ2v) is 8.51. The molecule has 170 valence electrons. The molecule has 0 saturated heterocycles. The quantitative estimate of drug-likeness (QED) is 0.267. The van der Waals surface area contributed by atoms with Gasteiger partial charge in [0, 0.05) is 11.8 Å². The van der Waals surface area contributed by atoms with E-state index < -0.39 is 16.9 Å². The van der Waals surface area contributed by atoms with Gasteiger partial charge in [0.25, 0.3) is 11.8 Å². The van der Waals surface area contributed by atoms with Crippen LogP contribution in [0.2, 0.25) is 4.34 Å². The van der Waals surface area contributed by atoms with E-state index in [2.05, 4.69) is 15.8 Å². The molecule has 11 heteroatoms. The van der Waals surface area contributed by atoms with E-state index in [1.165, 1.54) is 36.5 Å². The van der Waals surface area contributed by atoms with Gasteiger partial charge >= 0.3 is 5.69 Å². The van der Waals surface area contributed by atoms with Crippen LogP contribution in [0, 0.1) is 10.1 Å². The molecule has 9 nitrogen and oxygen atoms in total. The molecule has 3 rings (SSSR count). The van der Waals surface area contributed by atoms with Gasteiger partial charge in [0.2, 0.25) is 0 Å². The van der Waals surface area contributed by atoms with Crippen LogP contribution in [0.5, 0.6) is 5.75 Å². The molecule has 1 atom stereocenters. The van der Waals surface area contributed by atoms with Crippen LogP contribution >= 0.6 is 22.9 Å². The van der Waals surface area contributed by atoms with Gasteiger partial charge in [-0.25, -0.2) is 5.43 Å². The summed E-state index contributed by atoms with van der Waals surface area (Å²) in [5, 5.41) is 18.0. The van der Waals surface area contributed by atoms with Crippen LogP contribution in [-0.2, 0) is 4.79 Å². The number of hydrogen-bond acceptors (Lipinski definition) is 7. The van der Waals surface area contributed by atoms with E-state index in [0.717, 1.165) is 0 Å². The van der Waals surface area contributed by atoms with E-state index in [9.17, 15) is 19.7 Å². The Kier molecular flexibility index (Phi) is 7.75. The number of para-hydroxylation sites is 2. The molecule has 0 aliphatic rings. The molecule has 2 amide bonds. The van der Waals surface area contributed by atoms with Crippen LogP contribution in [-0.4, -0.2) is 28.6 Å². The van der Waals surface area contributed by atoms with Crippen molar-refractivity contribution in [3.05, 3.63) is 85.6 Å². The number of carbonyl (C=O) groups excluding carboxylic acids is 2. The standard InChI is InChI=1S/C22H19ClN4O5S/c1-13(15-6-5-7-16(12-15)24-22(29)19-10-11-20(23)33-19)25-26-21(28)14(2)32-18-9-4-3-8-17(18)27(30)31/h3-12,14H,1-2H3,(H,24,29)(H,26,28)/b25-13-. The molecule has 1 heterocycles. The summed E-state index contributed by atoms with van der Waals surface area (Å²) in [6.07, 6.45) is -1.02. The molecule has 2 aromatic carbocycles. The number of nitro benzene ring substituents is 1. The minimum atomic E-state index is -1.02. The van der Waals surface area contributed by atoms with Gasteiger partial charge in [-0.15, -0.1) is 11.3 Å². The monoisotopic (exact) mass is 486 g/mol. The maximum atomic E-state index is 12.4. The average molecular weight is 487 g/mol. The Balaban J connectivity index is 1.63. The van der Waals surface area contributed by atoms with Crippen LogP contribution in [0.3, 0.4) is 0 Å². The topological polar surface area (TPSA) is 123 Å². The first-order valence-electron chi connectivity index (χ1n) is 9.66. The Morgan fingerprint density at radius 1 is 1.15 bits per heavy atom. The summed E-state index contributed by atoms with van der Waals surface area (Å²) in [7, 11) is 0. The third kappa shape index (κ3) is 6.37. The van der Waals surface area contributed by atoms with Crippen molar-refractivity contribution >= 4 is 51.8 Å². The lowest BCUT2D eigenvalue weighted by atomic mass is 10.1. The number of nitrogens with one attached hydrogen (secondary N) is 2. The van der Waals surface area contributed by atoms with Crippen LogP contribution < -0.4 is 15.5 Å². The first-order valence-corrected chi connectivity index (χ1v) is 10.9. The highest BCUT2D eigenvalue weighted by Gasteiger charge is 2.20. The van der Waals surface area contributed by atoms with Crippen LogP contribution in [0.25, 0.3) is 0 Å². The van der Waals surface area contributed by atoms with Crippen molar-refractivity contribution in [1.29, 1.82) is 0 Å². The molecule has 33 heavy (non-hydrogen) atoms. The number of nitro groups is 1. The lowest BCUT2D eigenvalue weighted by molar-refractivity contribution is -0.386. The Labute approximate surface area is 198 Å². The number of nitrogens with zero attached hydrogens (tertiary/aromatic N) is 2. The molecule has 0 bridgehead atoms. The first kappa shape index (κ1) is 23.9. The number of rotatable bonds is 8. The molecular formula is C22H19ClN4O5S. The number of benzene rings is 2. The van der Waals surface area contributed by atoms with Crippen LogP contribution in [0.1, 0.15) is 29.1 Å². The molecule has 3 aromatic rings. The second kappa shape index (κ2) is 10.7. The molecule has 0 saturated carbocycles. The fraction of sp³-hybridized carbons (Fsp3) is 0.136. The number of carbonyl (C=O) groups is 2. The third-order valence-corrected chi connectivity index (χ3v) is 5.63. The fourth-order valence-electron chi connectivity index (χ4n) is 2.70. The number of halogens is 1. The van der Waals surface area contributed by atoms with E-state index in [4.69, 9.17) is 16.3 Å². The zero-order valence-corrected chi connectivity index (χ0v) is 19.1. The average Bonchev–Trinajstić information content (AvgIpc) is 3.24. The Morgan fingerprint density at radius 2 is 1.91 bits per heavy atom. The lowest BCUT2D eigenvalue weighted by Crippen LogP contribution is -2.34. The van der Waals surface area contributed by atoms with Gasteiger partial charge in [-0.2, -0.15) is 5.10 Å². The molecule has 1 aromatic heterocycles. The molecule has 0 aliphatic heterocycles. The minimum Gasteiger partial charge on any atom is -0.474 e. The summed E-state index contributed by atoms with van der Waals surface area (Å²) in [5.41, 5.74) is 3.86. The summed E-state index contributed by atoms with van der Waals surface area (Å²) >= 11 is 7.05. The molecule has 1 unspecified atom stereocenters. The molecule has 0 fully saturated rings. The Hall–Kier alpha value is -3.76. The van der Waals surface area contributed by atoms with Gasteiger partial charge in [0.1, 0.15) is 0 Å². The van der Waals surface area contributed by atoms with Crippen molar-refractivity contribution in [2.24, 2.45) is 5.10 Å². The predicted octanol–water partition coefficient (Wildman–Crippen LogP) is 4.87. The minimum absolute atomic E-state index is 0.0127. The van der Waals surface area contributed by atoms with E-state index in [1.54, 1.807) is 49.4 Å². The smallest absolute Gasteiger partial charge is 0.310 e. The Bertz CT molecular complexity index is 1230. The van der Waals surface area contributed by atoms with Gasteiger partial charge in [0.15, 0.2) is 11.9 Å². The summed E-state index contributed by atoms with van der Waals surface area (Å²) < 4.78 is 5.96. The summed E-state index contributed by atoms with van der Waals surface area (Å²) in [6, 6.07) is 16.0. The SMILES string of the molecule is C/C(=N/NC(=O)C(C)Oc1ccccc1[N+](=O)[O-])c1cccc(NC(=O)c2ccc(Cl)s2)c1. The van der Waals surface area contributed by atoms with Gasteiger partial charge in [-0.05, 0) is 49.7 Å². The van der Waals surface area contributed by atoms with Crippen molar-refractivity contribution in [3.63, 3.8) is 0 Å². The Morgan fingerprint density at radius 3 is 2.61 bits per heavy atom. The fourth-order valence-corrected chi connectivity index (χ4v) is 3.64. The van der Waals surface area contributed by atoms with Crippen LogP contribution in [0.4, 0.5) is 11.4 Å². The van der Waals surface area contributed by atoms with Gasteiger partial charge in [-0.1, -0.05) is 35.9 Å². The number of amides is 2. The second-order valence-electron chi connectivity index (χ2n) is 6.80. The van der Waals surface area contributed by atoms with Gasteiger partial charge in [-0.3, -0.25) is 19.7 Å². The highest BCUT2D eigenvalue weighted by atomic mass is 35.5. The first-order chi connectivity index (χ1) is 15.7. The van der Waals surface area contributed by atoms with Crippen molar-refractivity contribution in [1.82, 2.24) is 5.43 Å². The predicted molar refractivity (Wildman–Crippen MR) is 127 cm³/mol. The summed E-state index contributed by atoms with van der Waals surface area (Å²) in [6.45, 7) is 3.15. The number of hydrogen-bond donors (Lipinski definition) is 2. The van der Waals surface area contributed by atoms with E-state index >= 15 is 0 Å². The zero-order chi connectivity index (χ0) is 24.0. The van der Waals surface area contributed by atoms with E-state index in [1.807, 2.05) is 0 Å². The largest absolute Gasteiger partial charge is 0.474 e. The van der Waals surface area contributed by atoms with Gasteiger partial charge < -0.3 is 10.1 Å². The number of ether oxygens (including phenoxy) is 1. The normalized spacial score (nSPS) is 12.0. The molecule has 2 N–H and O–H groups in total. The van der Waals surface area contributed by atoms with Crippen molar-refractivity contribution in [3.8, 4) is 5.75 Å². The summed E-state index contributed by atoms with van der Waals surface area (Å²) in [4.78, 5) is 35.7. The number of anilines is 1. The summed E-state index contributed by atoms with van der Waals surface area (Å²) in [5.74, 6) is -0.874. The molecule has 0 spiro atoms. The molecular weight excluding hydrogens is 468 g/mol. The van der Waals surface area contributed by atoms with Gasteiger partial charge in [0.05, 0.1) is 19.8 Å².